The molecule has 2 heterocycles. The fourth-order valence-corrected chi connectivity index (χ4v) is 1.91. The van der Waals surface area contributed by atoms with Crippen LogP contribution < -0.4 is 0 Å². The summed E-state index contributed by atoms with van der Waals surface area (Å²) in [6.45, 7) is 2.06. The third-order valence-electron chi connectivity index (χ3n) is 2.89. The molecule has 1 spiro atoms. The molecule has 4 heteroatoms. The van der Waals surface area contributed by atoms with Crippen LogP contribution in [-0.4, -0.2) is 42.6 Å². The fourth-order valence-electron chi connectivity index (χ4n) is 1.91. The topological polar surface area (TPSA) is 41.9 Å². The standard InChI is InChI=1S/C9H14N2O2/c1-11-4-2-9(3-5-11)6-8(7-12)10-13-9/h7H,2-6H2,1H3. The molecule has 0 saturated carbocycles. The average molecular weight is 182 g/mol. The van der Waals surface area contributed by atoms with Gasteiger partial charge in [0.05, 0.1) is 0 Å². The molecule has 0 aromatic heterocycles. The van der Waals surface area contributed by atoms with E-state index in [4.69, 9.17) is 4.84 Å². The van der Waals surface area contributed by atoms with Gasteiger partial charge in [-0.15, -0.1) is 0 Å². The molecule has 0 aliphatic carbocycles. The Hall–Kier alpha value is -0.900. The van der Waals surface area contributed by atoms with Gasteiger partial charge in [-0.05, 0) is 7.05 Å². The van der Waals surface area contributed by atoms with Crippen molar-refractivity contribution in [3.63, 3.8) is 0 Å². The minimum absolute atomic E-state index is 0.150. The van der Waals surface area contributed by atoms with E-state index in [0.717, 1.165) is 32.2 Å². The summed E-state index contributed by atoms with van der Waals surface area (Å²) in [5.74, 6) is 0. The number of piperidine rings is 1. The number of hydrogen-bond acceptors (Lipinski definition) is 4. The maximum atomic E-state index is 10.5. The zero-order valence-corrected chi connectivity index (χ0v) is 7.82. The highest BCUT2D eigenvalue weighted by Gasteiger charge is 2.41. The van der Waals surface area contributed by atoms with Gasteiger partial charge in [-0.25, -0.2) is 0 Å². The van der Waals surface area contributed by atoms with Crippen molar-refractivity contribution < 1.29 is 9.63 Å². The van der Waals surface area contributed by atoms with Crippen molar-refractivity contribution in [1.82, 2.24) is 4.90 Å². The maximum absolute atomic E-state index is 10.5. The lowest BCUT2D eigenvalue weighted by atomic mass is 9.87. The first kappa shape index (κ1) is 8.69. The monoisotopic (exact) mass is 182 g/mol. The van der Waals surface area contributed by atoms with Crippen LogP contribution in [-0.2, 0) is 9.63 Å². The van der Waals surface area contributed by atoms with Crippen LogP contribution in [0.5, 0.6) is 0 Å². The Kier molecular flexibility index (Phi) is 2.07. The molecule has 1 fully saturated rings. The molecule has 4 nitrogen and oxygen atoms in total. The molecule has 0 radical (unpaired) electrons. The molecule has 0 aromatic carbocycles. The summed E-state index contributed by atoms with van der Waals surface area (Å²) in [5, 5.41) is 3.79. The minimum Gasteiger partial charge on any atom is -0.388 e. The summed E-state index contributed by atoms with van der Waals surface area (Å²) in [6.07, 6.45) is 3.45. The summed E-state index contributed by atoms with van der Waals surface area (Å²) in [7, 11) is 2.10. The second kappa shape index (κ2) is 3.10. The summed E-state index contributed by atoms with van der Waals surface area (Å²) >= 11 is 0. The van der Waals surface area contributed by atoms with E-state index in [1.54, 1.807) is 0 Å². The van der Waals surface area contributed by atoms with Crippen molar-refractivity contribution in [3.05, 3.63) is 0 Å². The van der Waals surface area contributed by atoms with E-state index in [2.05, 4.69) is 17.1 Å². The normalized spacial score (nSPS) is 27.0. The van der Waals surface area contributed by atoms with Crippen molar-refractivity contribution in [1.29, 1.82) is 0 Å². The van der Waals surface area contributed by atoms with Gasteiger partial charge in [0.25, 0.3) is 0 Å². The minimum atomic E-state index is -0.150. The summed E-state index contributed by atoms with van der Waals surface area (Å²) in [4.78, 5) is 18.1. The number of rotatable bonds is 1. The van der Waals surface area contributed by atoms with Crippen molar-refractivity contribution in [2.75, 3.05) is 20.1 Å². The van der Waals surface area contributed by atoms with Crippen molar-refractivity contribution in [2.45, 2.75) is 24.9 Å². The van der Waals surface area contributed by atoms with E-state index in [1.807, 2.05) is 0 Å². The van der Waals surface area contributed by atoms with E-state index in [1.165, 1.54) is 0 Å². The van der Waals surface area contributed by atoms with Crippen LogP contribution in [0, 0.1) is 0 Å². The van der Waals surface area contributed by atoms with Gasteiger partial charge in [0, 0.05) is 32.4 Å². The van der Waals surface area contributed by atoms with E-state index in [-0.39, 0.29) is 5.60 Å². The van der Waals surface area contributed by atoms with Crippen molar-refractivity contribution in [2.24, 2.45) is 5.16 Å². The summed E-state index contributed by atoms with van der Waals surface area (Å²) in [5.41, 5.74) is 0.410. The van der Waals surface area contributed by atoms with Gasteiger partial charge < -0.3 is 9.74 Å². The second-order valence-electron chi connectivity index (χ2n) is 3.95. The van der Waals surface area contributed by atoms with Gasteiger partial charge >= 0.3 is 0 Å². The lowest BCUT2D eigenvalue weighted by Gasteiger charge is -2.35. The Labute approximate surface area is 77.5 Å². The molecule has 1 saturated heterocycles. The molecule has 13 heavy (non-hydrogen) atoms. The highest BCUT2D eigenvalue weighted by molar-refractivity contribution is 6.28. The largest absolute Gasteiger partial charge is 0.388 e. The Morgan fingerprint density at radius 1 is 1.54 bits per heavy atom. The van der Waals surface area contributed by atoms with Crippen LogP contribution in [0.2, 0.25) is 0 Å². The van der Waals surface area contributed by atoms with Crippen LogP contribution in [0.15, 0.2) is 5.16 Å². The first-order valence-corrected chi connectivity index (χ1v) is 4.63. The van der Waals surface area contributed by atoms with E-state index >= 15 is 0 Å². The first-order valence-electron chi connectivity index (χ1n) is 4.63. The van der Waals surface area contributed by atoms with Crippen LogP contribution >= 0.6 is 0 Å². The molecular weight excluding hydrogens is 168 g/mol. The zero-order chi connectivity index (χ0) is 9.31. The van der Waals surface area contributed by atoms with Gasteiger partial charge in [0.15, 0.2) is 6.29 Å². The maximum Gasteiger partial charge on any atom is 0.167 e. The van der Waals surface area contributed by atoms with Crippen molar-refractivity contribution in [3.8, 4) is 0 Å². The molecule has 2 aliphatic rings. The van der Waals surface area contributed by atoms with Gasteiger partial charge in [-0.3, -0.25) is 4.79 Å². The molecular formula is C9H14N2O2. The fraction of sp³-hybridized carbons (Fsp3) is 0.778. The zero-order valence-electron chi connectivity index (χ0n) is 7.82. The predicted octanol–water partition coefficient (Wildman–Crippen LogP) is 0.426. The van der Waals surface area contributed by atoms with Gasteiger partial charge in [0.1, 0.15) is 11.3 Å². The van der Waals surface area contributed by atoms with Gasteiger partial charge in [-0.2, -0.15) is 0 Å². The van der Waals surface area contributed by atoms with Crippen LogP contribution in [0.3, 0.4) is 0 Å². The molecule has 72 valence electrons. The quantitative estimate of drug-likeness (QED) is 0.552. The number of carbonyl (C=O) groups excluding carboxylic acids is 1. The number of hydrogen-bond donors (Lipinski definition) is 0. The molecule has 0 aromatic rings. The van der Waals surface area contributed by atoms with Crippen LogP contribution in [0.25, 0.3) is 0 Å². The first-order chi connectivity index (χ1) is 6.24. The lowest BCUT2D eigenvalue weighted by molar-refractivity contribution is -0.102. The highest BCUT2D eigenvalue weighted by atomic mass is 16.7. The Morgan fingerprint density at radius 3 is 2.77 bits per heavy atom. The van der Waals surface area contributed by atoms with E-state index in [9.17, 15) is 4.79 Å². The third kappa shape index (κ3) is 1.58. The van der Waals surface area contributed by atoms with E-state index in [0.29, 0.717) is 12.1 Å². The number of aldehydes is 1. The Morgan fingerprint density at radius 2 is 2.23 bits per heavy atom. The van der Waals surface area contributed by atoms with Crippen LogP contribution in [0.4, 0.5) is 0 Å². The number of nitrogens with zero attached hydrogens (tertiary/aromatic N) is 2. The average Bonchev–Trinajstić information content (AvgIpc) is 2.55. The summed E-state index contributed by atoms with van der Waals surface area (Å²) in [6, 6.07) is 0. The number of oxime groups is 1. The lowest BCUT2D eigenvalue weighted by Crippen LogP contribution is -2.42. The summed E-state index contributed by atoms with van der Waals surface area (Å²) < 4.78 is 0. The predicted molar refractivity (Wildman–Crippen MR) is 48.7 cm³/mol. The second-order valence-corrected chi connectivity index (χ2v) is 3.95. The Balaban J connectivity index is 1.98. The molecule has 0 atom stereocenters. The molecule has 2 rings (SSSR count). The Bertz CT molecular complexity index is 242. The SMILES string of the molecule is CN1CCC2(CC1)CC(C=O)=NO2. The molecule has 0 bridgehead atoms. The van der Waals surface area contributed by atoms with E-state index < -0.39 is 0 Å². The molecule has 0 unspecified atom stereocenters. The van der Waals surface area contributed by atoms with Gasteiger partial charge in [-0.1, -0.05) is 5.16 Å². The van der Waals surface area contributed by atoms with Crippen LogP contribution in [0.1, 0.15) is 19.3 Å². The smallest absolute Gasteiger partial charge is 0.167 e. The third-order valence-corrected chi connectivity index (χ3v) is 2.89. The highest BCUT2D eigenvalue weighted by Crippen LogP contribution is 2.33. The molecule has 0 N–H and O–H groups in total. The molecule has 0 amide bonds. The molecule has 2 aliphatic heterocycles. The van der Waals surface area contributed by atoms with Gasteiger partial charge in [0.2, 0.25) is 0 Å². The number of carbonyl (C=O) groups is 1. The number of likely N-dealkylation sites (tertiary alicyclic amines) is 1. The van der Waals surface area contributed by atoms with Crippen molar-refractivity contribution >= 4 is 12.0 Å².